The molecular weight excluding hydrogens is 206 g/mol. The third-order valence-electron chi connectivity index (χ3n) is 2.44. The van der Waals surface area contributed by atoms with Crippen molar-refractivity contribution in [2.24, 2.45) is 0 Å². The van der Waals surface area contributed by atoms with Gasteiger partial charge in [-0.15, -0.1) is 0 Å². The Hall–Kier alpha value is -1.84. The van der Waals surface area contributed by atoms with E-state index in [9.17, 15) is 9.59 Å². The summed E-state index contributed by atoms with van der Waals surface area (Å²) in [6.45, 7) is 3.88. The van der Waals surface area contributed by atoms with E-state index >= 15 is 0 Å². The smallest absolute Gasteiger partial charge is 0.303 e. The minimum Gasteiger partial charge on any atom is -0.481 e. The summed E-state index contributed by atoms with van der Waals surface area (Å²) < 4.78 is 0. The minimum atomic E-state index is -0.962. The monoisotopic (exact) mass is 221 g/mol. The van der Waals surface area contributed by atoms with Crippen molar-refractivity contribution in [3.8, 4) is 0 Å². The van der Waals surface area contributed by atoms with E-state index in [4.69, 9.17) is 5.11 Å². The molecule has 4 nitrogen and oxygen atoms in total. The molecule has 0 aliphatic heterocycles. The van der Waals surface area contributed by atoms with Gasteiger partial charge in [-0.05, 0) is 31.0 Å². The average molecular weight is 221 g/mol. The third-order valence-corrected chi connectivity index (χ3v) is 2.44. The standard InChI is InChI=1S/C12H15NO3/c1-8-4-3-5-10(9(8)2)13-11(14)6-7-12(15)16/h3-5H,6-7H2,1-2H3,(H,13,14)(H,15,16). The topological polar surface area (TPSA) is 66.4 Å². The number of anilines is 1. The lowest BCUT2D eigenvalue weighted by Gasteiger charge is -2.09. The highest BCUT2D eigenvalue weighted by Gasteiger charge is 2.07. The van der Waals surface area contributed by atoms with Crippen LogP contribution in [0.1, 0.15) is 24.0 Å². The van der Waals surface area contributed by atoms with E-state index < -0.39 is 5.97 Å². The van der Waals surface area contributed by atoms with Gasteiger partial charge in [-0.25, -0.2) is 0 Å². The van der Waals surface area contributed by atoms with Crippen LogP contribution in [0.5, 0.6) is 0 Å². The number of carboxylic acids is 1. The van der Waals surface area contributed by atoms with Gasteiger partial charge >= 0.3 is 5.97 Å². The molecule has 86 valence electrons. The van der Waals surface area contributed by atoms with E-state index in [1.807, 2.05) is 26.0 Å². The average Bonchev–Trinajstić information content (AvgIpc) is 2.22. The molecule has 0 atom stereocenters. The number of rotatable bonds is 4. The molecule has 0 spiro atoms. The van der Waals surface area contributed by atoms with Crippen LogP contribution < -0.4 is 5.32 Å². The van der Waals surface area contributed by atoms with Gasteiger partial charge in [0.25, 0.3) is 0 Å². The lowest BCUT2D eigenvalue weighted by atomic mass is 10.1. The summed E-state index contributed by atoms with van der Waals surface area (Å²) in [4.78, 5) is 21.7. The Morgan fingerprint density at radius 1 is 1.25 bits per heavy atom. The van der Waals surface area contributed by atoms with E-state index in [-0.39, 0.29) is 18.7 Å². The quantitative estimate of drug-likeness (QED) is 0.818. The van der Waals surface area contributed by atoms with Crippen LogP contribution >= 0.6 is 0 Å². The molecule has 0 aromatic heterocycles. The Morgan fingerprint density at radius 2 is 1.94 bits per heavy atom. The van der Waals surface area contributed by atoms with Crippen molar-refractivity contribution in [3.63, 3.8) is 0 Å². The number of aliphatic carboxylic acids is 1. The molecule has 0 unspecified atom stereocenters. The van der Waals surface area contributed by atoms with Crippen LogP contribution in [-0.2, 0) is 9.59 Å². The maximum Gasteiger partial charge on any atom is 0.303 e. The van der Waals surface area contributed by atoms with Gasteiger partial charge in [0.1, 0.15) is 0 Å². The molecule has 0 aliphatic rings. The van der Waals surface area contributed by atoms with Gasteiger partial charge < -0.3 is 10.4 Å². The van der Waals surface area contributed by atoms with Gasteiger partial charge in [-0.2, -0.15) is 0 Å². The highest BCUT2D eigenvalue weighted by Crippen LogP contribution is 2.18. The maximum atomic E-state index is 11.4. The molecule has 1 amide bonds. The molecule has 0 bridgehead atoms. The van der Waals surface area contributed by atoms with Crippen LogP contribution in [-0.4, -0.2) is 17.0 Å². The Balaban J connectivity index is 2.63. The van der Waals surface area contributed by atoms with E-state index in [1.54, 1.807) is 6.07 Å². The maximum absolute atomic E-state index is 11.4. The number of amides is 1. The molecule has 0 fully saturated rings. The van der Waals surface area contributed by atoms with Crippen LogP contribution in [0.4, 0.5) is 5.69 Å². The minimum absolute atomic E-state index is 0.00269. The molecule has 0 saturated heterocycles. The van der Waals surface area contributed by atoms with Crippen molar-refractivity contribution in [3.05, 3.63) is 29.3 Å². The fourth-order valence-electron chi connectivity index (χ4n) is 1.32. The molecule has 0 heterocycles. The summed E-state index contributed by atoms with van der Waals surface area (Å²) in [5.41, 5.74) is 2.84. The van der Waals surface area contributed by atoms with Crippen LogP contribution in [0, 0.1) is 13.8 Å². The number of carboxylic acid groups (broad SMARTS) is 1. The number of hydrogen-bond donors (Lipinski definition) is 2. The Kier molecular flexibility index (Phi) is 4.05. The molecule has 16 heavy (non-hydrogen) atoms. The van der Waals surface area contributed by atoms with Gasteiger partial charge in [0.05, 0.1) is 6.42 Å². The van der Waals surface area contributed by atoms with Crippen molar-refractivity contribution < 1.29 is 14.7 Å². The predicted octanol–water partition coefficient (Wildman–Crippen LogP) is 2.11. The molecule has 4 heteroatoms. The predicted molar refractivity (Wildman–Crippen MR) is 61.4 cm³/mol. The fourth-order valence-corrected chi connectivity index (χ4v) is 1.32. The normalized spacial score (nSPS) is 9.88. The van der Waals surface area contributed by atoms with Crippen molar-refractivity contribution in [2.45, 2.75) is 26.7 Å². The van der Waals surface area contributed by atoms with Crippen LogP contribution in [0.2, 0.25) is 0 Å². The first-order chi connectivity index (χ1) is 7.50. The van der Waals surface area contributed by atoms with Crippen molar-refractivity contribution >= 4 is 17.6 Å². The zero-order valence-electron chi connectivity index (χ0n) is 9.41. The number of nitrogens with one attached hydrogen (secondary N) is 1. The van der Waals surface area contributed by atoms with Crippen LogP contribution in [0.3, 0.4) is 0 Å². The summed E-state index contributed by atoms with van der Waals surface area (Å²) in [7, 11) is 0. The van der Waals surface area contributed by atoms with E-state index in [0.29, 0.717) is 0 Å². The number of hydrogen-bond acceptors (Lipinski definition) is 2. The van der Waals surface area contributed by atoms with Crippen LogP contribution in [0.25, 0.3) is 0 Å². The lowest BCUT2D eigenvalue weighted by molar-refractivity contribution is -0.138. The second-order valence-electron chi connectivity index (χ2n) is 3.69. The fraction of sp³-hybridized carbons (Fsp3) is 0.333. The van der Waals surface area contributed by atoms with Gasteiger partial charge in [0, 0.05) is 12.1 Å². The number of carbonyl (C=O) groups is 2. The second-order valence-corrected chi connectivity index (χ2v) is 3.69. The van der Waals surface area contributed by atoms with Crippen molar-refractivity contribution in [1.29, 1.82) is 0 Å². The lowest BCUT2D eigenvalue weighted by Crippen LogP contribution is -2.14. The van der Waals surface area contributed by atoms with Crippen molar-refractivity contribution in [1.82, 2.24) is 0 Å². The number of benzene rings is 1. The highest BCUT2D eigenvalue weighted by molar-refractivity contribution is 5.93. The molecule has 1 aromatic rings. The first kappa shape index (κ1) is 12.2. The van der Waals surface area contributed by atoms with Crippen LogP contribution in [0.15, 0.2) is 18.2 Å². The zero-order chi connectivity index (χ0) is 12.1. The van der Waals surface area contributed by atoms with Gasteiger partial charge in [-0.1, -0.05) is 12.1 Å². The SMILES string of the molecule is Cc1cccc(NC(=O)CCC(=O)O)c1C. The molecule has 1 rings (SSSR count). The summed E-state index contributed by atoms with van der Waals surface area (Å²) in [6.07, 6.45) is -0.139. The van der Waals surface area contributed by atoms with E-state index in [1.165, 1.54) is 0 Å². The molecule has 0 radical (unpaired) electrons. The molecular formula is C12H15NO3. The van der Waals surface area contributed by atoms with Crippen molar-refractivity contribution in [2.75, 3.05) is 5.32 Å². The van der Waals surface area contributed by atoms with E-state index in [0.717, 1.165) is 16.8 Å². The first-order valence-corrected chi connectivity index (χ1v) is 5.08. The Bertz CT molecular complexity index is 413. The summed E-state index contributed by atoms with van der Waals surface area (Å²) >= 11 is 0. The van der Waals surface area contributed by atoms with Gasteiger partial charge in [0.15, 0.2) is 0 Å². The molecule has 1 aromatic carbocycles. The summed E-state index contributed by atoms with van der Waals surface area (Å²) in [5.74, 6) is -1.23. The zero-order valence-corrected chi connectivity index (χ0v) is 9.41. The Morgan fingerprint density at radius 3 is 2.56 bits per heavy atom. The summed E-state index contributed by atoms with van der Waals surface area (Å²) in [5, 5.41) is 11.2. The summed E-state index contributed by atoms with van der Waals surface area (Å²) in [6, 6.07) is 5.62. The second kappa shape index (κ2) is 5.30. The van der Waals surface area contributed by atoms with Gasteiger partial charge in [-0.3, -0.25) is 9.59 Å². The Labute approximate surface area is 94.3 Å². The number of carbonyl (C=O) groups excluding carboxylic acids is 1. The molecule has 0 aliphatic carbocycles. The van der Waals surface area contributed by atoms with E-state index in [2.05, 4.69) is 5.32 Å². The molecule has 2 N–H and O–H groups in total. The largest absolute Gasteiger partial charge is 0.481 e. The highest BCUT2D eigenvalue weighted by atomic mass is 16.4. The third kappa shape index (κ3) is 3.38. The van der Waals surface area contributed by atoms with Gasteiger partial charge in [0.2, 0.25) is 5.91 Å². The first-order valence-electron chi connectivity index (χ1n) is 5.08. The molecule has 0 saturated carbocycles. The number of aryl methyl sites for hydroxylation is 1.